The molecular weight excluding hydrogens is 276 g/mol. The SMILES string of the molecule is CC(C)C[C@H]1NC(=O)N(CCc2ccccc2Cl)C1=O. The van der Waals surface area contributed by atoms with E-state index in [1.807, 2.05) is 38.1 Å². The molecule has 1 aliphatic heterocycles. The van der Waals surface area contributed by atoms with E-state index in [1.54, 1.807) is 0 Å². The van der Waals surface area contributed by atoms with Crippen LogP contribution in [0.1, 0.15) is 25.8 Å². The van der Waals surface area contributed by atoms with Gasteiger partial charge in [0.05, 0.1) is 0 Å². The summed E-state index contributed by atoms with van der Waals surface area (Å²) in [7, 11) is 0. The Morgan fingerprint density at radius 1 is 1.30 bits per heavy atom. The lowest BCUT2D eigenvalue weighted by Crippen LogP contribution is -2.33. The lowest BCUT2D eigenvalue weighted by molar-refractivity contribution is -0.127. The first-order valence-corrected chi connectivity index (χ1v) is 7.22. The quantitative estimate of drug-likeness (QED) is 0.849. The monoisotopic (exact) mass is 294 g/mol. The number of hydrogen-bond donors (Lipinski definition) is 1. The number of amides is 3. The fourth-order valence-electron chi connectivity index (χ4n) is 2.35. The molecule has 108 valence electrons. The number of carbonyl (C=O) groups is 2. The van der Waals surface area contributed by atoms with Gasteiger partial charge in [-0.15, -0.1) is 0 Å². The molecule has 0 bridgehead atoms. The van der Waals surface area contributed by atoms with Gasteiger partial charge in [0.15, 0.2) is 0 Å². The van der Waals surface area contributed by atoms with E-state index in [-0.39, 0.29) is 18.0 Å². The number of rotatable bonds is 5. The summed E-state index contributed by atoms with van der Waals surface area (Å²) < 4.78 is 0. The molecule has 1 N–H and O–H groups in total. The average molecular weight is 295 g/mol. The zero-order valence-corrected chi connectivity index (χ0v) is 12.5. The molecule has 1 heterocycles. The van der Waals surface area contributed by atoms with Crippen LogP contribution in [-0.2, 0) is 11.2 Å². The molecule has 1 saturated heterocycles. The van der Waals surface area contributed by atoms with Gasteiger partial charge in [0.1, 0.15) is 6.04 Å². The van der Waals surface area contributed by atoms with Gasteiger partial charge in [0, 0.05) is 11.6 Å². The Morgan fingerprint density at radius 3 is 2.65 bits per heavy atom. The largest absolute Gasteiger partial charge is 0.326 e. The first-order valence-electron chi connectivity index (χ1n) is 6.84. The third-order valence-corrected chi connectivity index (χ3v) is 3.75. The molecule has 4 nitrogen and oxygen atoms in total. The van der Waals surface area contributed by atoms with E-state index in [9.17, 15) is 9.59 Å². The smallest absolute Gasteiger partial charge is 0.324 e. The summed E-state index contributed by atoms with van der Waals surface area (Å²) in [6, 6.07) is 6.80. The van der Waals surface area contributed by atoms with Crippen molar-refractivity contribution in [3.05, 3.63) is 34.9 Å². The molecule has 0 spiro atoms. The molecule has 3 amide bonds. The van der Waals surface area contributed by atoms with Crippen LogP contribution in [0.15, 0.2) is 24.3 Å². The van der Waals surface area contributed by atoms with Crippen LogP contribution in [0.3, 0.4) is 0 Å². The van der Waals surface area contributed by atoms with Crippen molar-refractivity contribution in [3.8, 4) is 0 Å². The molecule has 1 atom stereocenters. The number of urea groups is 1. The number of imide groups is 1. The van der Waals surface area contributed by atoms with E-state index >= 15 is 0 Å². The number of hydrogen-bond acceptors (Lipinski definition) is 2. The van der Waals surface area contributed by atoms with Gasteiger partial charge < -0.3 is 5.32 Å². The highest BCUT2D eigenvalue weighted by Crippen LogP contribution is 2.18. The van der Waals surface area contributed by atoms with Crippen LogP contribution in [0.4, 0.5) is 4.79 Å². The van der Waals surface area contributed by atoms with Crippen molar-refractivity contribution in [2.75, 3.05) is 6.54 Å². The van der Waals surface area contributed by atoms with E-state index in [0.29, 0.717) is 30.3 Å². The Hall–Kier alpha value is -1.55. The second-order valence-corrected chi connectivity index (χ2v) is 5.87. The standard InChI is InChI=1S/C15H19ClN2O2/c1-10(2)9-13-14(19)18(15(20)17-13)8-7-11-5-3-4-6-12(11)16/h3-6,10,13H,7-9H2,1-2H3,(H,17,20)/t13-/m1/s1. The van der Waals surface area contributed by atoms with E-state index in [1.165, 1.54) is 4.90 Å². The summed E-state index contributed by atoms with van der Waals surface area (Å²) >= 11 is 6.08. The highest BCUT2D eigenvalue weighted by molar-refractivity contribution is 6.31. The molecule has 5 heteroatoms. The summed E-state index contributed by atoms with van der Waals surface area (Å²) in [5, 5.41) is 3.41. The average Bonchev–Trinajstić information content (AvgIpc) is 2.63. The first-order chi connectivity index (χ1) is 9.49. The molecule has 1 aromatic carbocycles. The van der Waals surface area contributed by atoms with Gasteiger partial charge in [-0.25, -0.2) is 4.79 Å². The summed E-state index contributed by atoms with van der Waals surface area (Å²) in [6.07, 6.45) is 1.25. The van der Waals surface area contributed by atoms with Gasteiger partial charge in [-0.05, 0) is 30.4 Å². The molecule has 0 unspecified atom stereocenters. The molecule has 0 saturated carbocycles. The maximum Gasteiger partial charge on any atom is 0.324 e. The fourth-order valence-corrected chi connectivity index (χ4v) is 2.58. The van der Waals surface area contributed by atoms with Crippen molar-refractivity contribution in [2.24, 2.45) is 5.92 Å². The van der Waals surface area contributed by atoms with Crippen molar-refractivity contribution < 1.29 is 9.59 Å². The molecule has 0 aliphatic carbocycles. The number of nitrogens with zero attached hydrogens (tertiary/aromatic N) is 1. The molecule has 2 rings (SSSR count). The van der Waals surface area contributed by atoms with Crippen molar-refractivity contribution in [1.82, 2.24) is 10.2 Å². The van der Waals surface area contributed by atoms with Crippen molar-refractivity contribution >= 4 is 23.5 Å². The third kappa shape index (κ3) is 3.31. The summed E-state index contributed by atoms with van der Waals surface area (Å²) in [5.74, 6) is 0.239. The number of carbonyl (C=O) groups excluding carboxylic acids is 2. The number of halogens is 1. The van der Waals surface area contributed by atoms with Crippen LogP contribution in [0.5, 0.6) is 0 Å². The molecule has 1 aliphatic rings. The minimum absolute atomic E-state index is 0.129. The van der Waals surface area contributed by atoms with Crippen LogP contribution >= 0.6 is 11.6 Å². The maximum atomic E-state index is 12.2. The van der Waals surface area contributed by atoms with Gasteiger partial charge >= 0.3 is 6.03 Å². The maximum absolute atomic E-state index is 12.2. The minimum Gasteiger partial charge on any atom is -0.326 e. The van der Waals surface area contributed by atoms with E-state index < -0.39 is 0 Å². The molecule has 1 fully saturated rings. The zero-order chi connectivity index (χ0) is 14.7. The Bertz CT molecular complexity index is 516. The highest BCUT2D eigenvalue weighted by Gasteiger charge is 2.37. The highest BCUT2D eigenvalue weighted by atomic mass is 35.5. The van der Waals surface area contributed by atoms with Gasteiger partial charge in [0.2, 0.25) is 0 Å². The zero-order valence-electron chi connectivity index (χ0n) is 11.7. The first kappa shape index (κ1) is 14.9. The molecular formula is C15H19ClN2O2. The van der Waals surface area contributed by atoms with Crippen LogP contribution in [-0.4, -0.2) is 29.4 Å². The number of nitrogens with one attached hydrogen (secondary N) is 1. The minimum atomic E-state index is -0.381. The predicted octanol–water partition coefficient (Wildman–Crippen LogP) is 2.85. The lowest BCUT2D eigenvalue weighted by Gasteiger charge is -2.14. The summed E-state index contributed by atoms with van der Waals surface area (Å²) in [4.78, 5) is 25.3. The van der Waals surface area contributed by atoms with Gasteiger partial charge in [0.25, 0.3) is 5.91 Å². The summed E-state index contributed by atoms with van der Waals surface area (Å²) in [5.41, 5.74) is 0.946. The van der Waals surface area contributed by atoms with Gasteiger partial charge in [-0.3, -0.25) is 9.69 Å². The Morgan fingerprint density at radius 2 is 2.00 bits per heavy atom. The molecule has 20 heavy (non-hydrogen) atoms. The molecule has 1 aromatic rings. The Balaban J connectivity index is 1.98. The van der Waals surface area contributed by atoms with Crippen LogP contribution in [0.25, 0.3) is 0 Å². The number of benzene rings is 1. The van der Waals surface area contributed by atoms with E-state index in [2.05, 4.69) is 5.32 Å². The Labute approximate surface area is 124 Å². The van der Waals surface area contributed by atoms with Gasteiger partial charge in [-0.2, -0.15) is 0 Å². The lowest BCUT2D eigenvalue weighted by atomic mass is 10.0. The van der Waals surface area contributed by atoms with E-state index in [4.69, 9.17) is 11.6 Å². The topological polar surface area (TPSA) is 49.4 Å². The fraction of sp³-hybridized carbons (Fsp3) is 0.467. The van der Waals surface area contributed by atoms with Crippen LogP contribution in [0, 0.1) is 5.92 Å². The predicted molar refractivity (Wildman–Crippen MR) is 78.6 cm³/mol. The molecule has 0 aromatic heterocycles. The van der Waals surface area contributed by atoms with Crippen LogP contribution in [0.2, 0.25) is 5.02 Å². The van der Waals surface area contributed by atoms with Crippen LogP contribution < -0.4 is 5.32 Å². The normalized spacial score (nSPS) is 18.8. The molecule has 0 radical (unpaired) electrons. The van der Waals surface area contributed by atoms with Crippen molar-refractivity contribution in [2.45, 2.75) is 32.7 Å². The third-order valence-electron chi connectivity index (χ3n) is 3.38. The van der Waals surface area contributed by atoms with E-state index in [0.717, 1.165) is 5.56 Å². The second kappa shape index (κ2) is 6.27. The van der Waals surface area contributed by atoms with Crippen molar-refractivity contribution in [1.29, 1.82) is 0 Å². The summed E-state index contributed by atoms with van der Waals surface area (Å²) in [6.45, 7) is 4.43. The van der Waals surface area contributed by atoms with Crippen molar-refractivity contribution in [3.63, 3.8) is 0 Å². The van der Waals surface area contributed by atoms with Gasteiger partial charge in [-0.1, -0.05) is 43.6 Å². The Kier molecular flexibility index (Phi) is 4.65. The second-order valence-electron chi connectivity index (χ2n) is 5.46.